The van der Waals surface area contributed by atoms with E-state index in [0.29, 0.717) is 5.56 Å². The predicted octanol–water partition coefficient (Wildman–Crippen LogP) is 2.74. The maximum absolute atomic E-state index is 12.3. The van der Waals surface area contributed by atoms with Crippen LogP contribution in [0.15, 0.2) is 59.6 Å². The minimum Gasteiger partial charge on any atom is -0.360 e. The van der Waals surface area contributed by atoms with Gasteiger partial charge >= 0.3 is 0 Å². The fraction of sp³-hybridized carbons (Fsp3) is 0.167. The van der Waals surface area contributed by atoms with Crippen LogP contribution < -0.4 is 10.3 Å². The molecule has 0 aliphatic rings. The molecule has 0 saturated carbocycles. The zero-order valence-electron chi connectivity index (χ0n) is 13.7. The fourth-order valence-corrected chi connectivity index (χ4v) is 3.46. The summed E-state index contributed by atoms with van der Waals surface area (Å²) in [4.78, 5) is 17.5. The predicted molar refractivity (Wildman–Crippen MR) is 96.5 cm³/mol. The Balaban J connectivity index is 1.72. The van der Waals surface area contributed by atoms with Gasteiger partial charge in [-0.15, -0.1) is 4.83 Å². The summed E-state index contributed by atoms with van der Waals surface area (Å²) in [5.74, 6) is -0.524. The smallest absolute Gasteiger partial charge is 0.268 e. The fourth-order valence-electron chi connectivity index (χ4n) is 2.62. The van der Waals surface area contributed by atoms with Crippen LogP contribution in [0, 0.1) is 0 Å². The molecule has 0 bridgehead atoms. The van der Waals surface area contributed by atoms with Gasteiger partial charge in [0.2, 0.25) is 0 Å². The Morgan fingerprint density at radius 2 is 1.80 bits per heavy atom. The molecule has 0 aliphatic heterocycles. The Morgan fingerprint density at radius 3 is 2.52 bits per heavy atom. The minimum atomic E-state index is -3.82. The zero-order chi connectivity index (χ0) is 17.9. The van der Waals surface area contributed by atoms with Gasteiger partial charge in [0.05, 0.1) is 10.5 Å². The quantitative estimate of drug-likeness (QED) is 0.593. The zero-order valence-corrected chi connectivity index (χ0v) is 14.6. The highest BCUT2D eigenvalue weighted by atomic mass is 32.2. The average molecular weight is 357 g/mol. The van der Waals surface area contributed by atoms with Crippen LogP contribution in [0.25, 0.3) is 10.9 Å². The van der Waals surface area contributed by atoms with Gasteiger partial charge in [-0.3, -0.25) is 10.2 Å². The molecule has 25 heavy (non-hydrogen) atoms. The summed E-state index contributed by atoms with van der Waals surface area (Å²) in [6, 6.07) is 13.9. The number of carbonyl (C=O) groups is 1. The van der Waals surface area contributed by atoms with Crippen molar-refractivity contribution in [2.45, 2.75) is 24.7 Å². The highest BCUT2D eigenvalue weighted by Crippen LogP contribution is 2.17. The van der Waals surface area contributed by atoms with Crippen molar-refractivity contribution in [3.63, 3.8) is 0 Å². The van der Waals surface area contributed by atoms with Gasteiger partial charge in [-0.1, -0.05) is 43.7 Å². The third-order valence-corrected chi connectivity index (χ3v) is 5.17. The molecular weight excluding hydrogens is 338 g/mol. The van der Waals surface area contributed by atoms with Crippen molar-refractivity contribution in [3.05, 3.63) is 65.9 Å². The molecular formula is C18H19N3O3S. The molecule has 0 atom stereocenters. The lowest BCUT2D eigenvalue weighted by atomic mass is 10.1. The summed E-state index contributed by atoms with van der Waals surface area (Å²) in [5, 5.41) is 0.725. The normalized spacial score (nSPS) is 11.6. The van der Waals surface area contributed by atoms with Crippen LogP contribution >= 0.6 is 0 Å². The number of amides is 1. The molecule has 0 radical (unpaired) electrons. The lowest BCUT2D eigenvalue weighted by molar-refractivity contribution is 0.0947. The van der Waals surface area contributed by atoms with E-state index in [2.05, 4.69) is 22.2 Å². The second kappa shape index (κ2) is 7.08. The van der Waals surface area contributed by atoms with E-state index < -0.39 is 15.9 Å². The maximum Gasteiger partial charge on any atom is 0.268 e. The molecule has 7 heteroatoms. The highest BCUT2D eigenvalue weighted by Gasteiger charge is 2.17. The molecule has 130 valence electrons. The topological polar surface area (TPSA) is 91.1 Å². The van der Waals surface area contributed by atoms with Crippen LogP contribution in [-0.4, -0.2) is 19.3 Å². The van der Waals surface area contributed by atoms with Crippen LogP contribution in [0.2, 0.25) is 0 Å². The largest absolute Gasteiger partial charge is 0.360 e. The molecule has 0 spiro atoms. The number of carbonyl (C=O) groups excluding carboxylic acids is 1. The first-order valence-electron chi connectivity index (χ1n) is 7.98. The Bertz CT molecular complexity index is 992. The number of fused-ring (bicyclic) bond motifs is 1. The Hall–Kier alpha value is -2.64. The number of sulfonamides is 1. The third-order valence-electron chi connectivity index (χ3n) is 3.91. The van der Waals surface area contributed by atoms with Crippen molar-refractivity contribution in [1.82, 2.24) is 15.2 Å². The standard InChI is InChI=1S/C18H19N3O3S/c1-2-5-13-8-10-14(11-9-13)25(23,24)21-20-18(22)16-12-19-17-7-4-3-6-15(16)17/h3-4,6-12,19,21H,2,5H2,1H3,(H,20,22). The number of aromatic amines is 1. The van der Waals surface area contributed by atoms with Gasteiger partial charge in [-0.2, -0.15) is 0 Å². The molecule has 0 fully saturated rings. The van der Waals surface area contributed by atoms with E-state index in [1.807, 2.05) is 18.2 Å². The summed E-state index contributed by atoms with van der Waals surface area (Å²) in [5.41, 5.74) is 4.51. The van der Waals surface area contributed by atoms with Gasteiger partial charge in [-0.25, -0.2) is 8.42 Å². The molecule has 1 aromatic heterocycles. The summed E-state index contributed by atoms with van der Waals surface area (Å²) >= 11 is 0. The first-order valence-corrected chi connectivity index (χ1v) is 9.47. The summed E-state index contributed by atoms with van der Waals surface area (Å²) in [6.45, 7) is 2.06. The van der Waals surface area contributed by atoms with Crippen molar-refractivity contribution in [1.29, 1.82) is 0 Å². The van der Waals surface area contributed by atoms with Crippen molar-refractivity contribution in [2.24, 2.45) is 0 Å². The number of aromatic nitrogens is 1. The molecule has 3 aromatic rings. The van der Waals surface area contributed by atoms with E-state index in [1.54, 1.807) is 24.4 Å². The Labute approximate surface area is 146 Å². The molecule has 0 saturated heterocycles. The van der Waals surface area contributed by atoms with E-state index in [9.17, 15) is 13.2 Å². The second-order valence-corrected chi connectivity index (χ2v) is 7.38. The van der Waals surface area contributed by atoms with Crippen molar-refractivity contribution < 1.29 is 13.2 Å². The van der Waals surface area contributed by atoms with Gasteiger partial charge in [0.1, 0.15) is 0 Å². The van der Waals surface area contributed by atoms with E-state index in [0.717, 1.165) is 29.3 Å². The van der Waals surface area contributed by atoms with Crippen molar-refractivity contribution in [2.75, 3.05) is 0 Å². The van der Waals surface area contributed by atoms with Crippen LogP contribution in [0.3, 0.4) is 0 Å². The molecule has 3 N–H and O–H groups in total. The third kappa shape index (κ3) is 3.72. The number of nitrogens with one attached hydrogen (secondary N) is 3. The van der Waals surface area contributed by atoms with Gasteiger partial charge < -0.3 is 4.98 Å². The molecule has 3 rings (SSSR count). The molecule has 0 aliphatic carbocycles. The van der Waals surface area contributed by atoms with E-state index >= 15 is 0 Å². The van der Waals surface area contributed by atoms with Crippen molar-refractivity contribution in [3.8, 4) is 0 Å². The number of aryl methyl sites for hydroxylation is 1. The van der Waals surface area contributed by atoms with Crippen LogP contribution in [0.5, 0.6) is 0 Å². The lowest BCUT2D eigenvalue weighted by Crippen LogP contribution is -2.41. The maximum atomic E-state index is 12.3. The van der Waals surface area contributed by atoms with Crippen LogP contribution in [0.4, 0.5) is 0 Å². The highest BCUT2D eigenvalue weighted by molar-refractivity contribution is 7.89. The Morgan fingerprint density at radius 1 is 1.08 bits per heavy atom. The SMILES string of the molecule is CCCc1ccc(S(=O)(=O)NNC(=O)c2c[nH]c3ccccc23)cc1. The van der Waals surface area contributed by atoms with E-state index in [4.69, 9.17) is 0 Å². The van der Waals surface area contributed by atoms with Crippen LogP contribution in [0.1, 0.15) is 29.3 Å². The van der Waals surface area contributed by atoms with Crippen LogP contribution in [-0.2, 0) is 16.4 Å². The summed E-state index contributed by atoms with van der Waals surface area (Å²) < 4.78 is 24.6. The van der Waals surface area contributed by atoms with E-state index in [1.165, 1.54) is 12.1 Å². The van der Waals surface area contributed by atoms with Gasteiger partial charge in [0, 0.05) is 17.1 Å². The van der Waals surface area contributed by atoms with E-state index in [-0.39, 0.29) is 4.90 Å². The van der Waals surface area contributed by atoms with Crippen molar-refractivity contribution >= 4 is 26.8 Å². The molecule has 6 nitrogen and oxygen atoms in total. The average Bonchev–Trinajstić information content (AvgIpc) is 3.05. The molecule has 1 heterocycles. The number of hydrazine groups is 1. The van der Waals surface area contributed by atoms with Gasteiger partial charge in [-0.05, 0) is 30.2 Å². The minimum absolute atomic E-state index is 0.103. The first-order chi connectivity index (χ1) is 12.0. The number of para-hydroxylation sites is 1. The number of benzene rings is 2. The monoisotopic (exact) mass is 357 g/mol. The number of hydrogen-bond acceptors (Lipinski definition) is 3. The molecule has 0 unspecified atom stereocenters. The number of hydrogen-bond donors (Lipinski definition) is 3. The van der Waals surface area contributed by atoms with Gasteiger partial charge in [0.25, 0.3) is 15.9 Å². The number of H-pyrrole nitrogens is 1. The lowest BCUT2D eigenvalue weighted by Gasteiger charge is -2.09. The summed E-state index contributed by atoms with van der Waals surface area (Å²) in [7, 11) is -3.82. The molecule has 1 amide bonds. The second-order valence-electron chi connectivity index (χ2n) is 5.70. The Kier molecular flexibility index (Phi) is 4.87. The first kappa shape index (κ1) is 17.2. The summed E-state index contributed by atoms with van der Waals surface area (Å²) in [6.07, 6.45) is 3.43. The molecule has 2 aromatic carbocycles. The van der Waals surface area contributed by atoms with Gasteiger partial charge in [0.15, 0.2) is 0 Å². The number of rotatable bonds is 6.